The first kappa shape index (κ1) is 21.6. The standard InChI is InChI=1S/C20H26N4O6S/c1-14-18(15(2)30-21-14)31(27,28)23-11-9-22(10-12-23)19(25)16-6-3-4-8-24(16)20(26)17-7-5-13-29-17/h5,7,13,16H,3-4,6,8-12H2,1-2H3. The van der Waals surface area contributed by atoms with E-state index < -0.39 is 16.1 Å². The molecule has 0 aromatic carbocycles. The zero-order valence-electron chi connectivity index (χ0n) is 17.6. The molecule has 0 N–H and O–H groups in total. The molecule has 31 heavy (non-hydrogen) atoms. The first-order chi connectivity index (χ1) is 14.8. The predicted octanol–water partition coefficient (Wildman–Crippen LogP) is 1.41. The third kappa shape index (κ3) is 3.99. The molecule has 168 valence electrons. The SMILES string of the molecule is Cc1noc(C)c1S(=O)(=O)N1CCN(C(=O)C2CCCCN2C(=O)c2ccco2)CC1. The van der Waals surface area contributed by atoms with Gasteiger partial charge in [-0.3, -0.25) is 9.59 Å². The number of aromatic nitrogens is 1. The summed E-state index contributed by atoms with van der Waals surface area (Å²) in [6.45, 7) is 4.54. The van der Waals surface area contributed by atoms with Crippen LogP contribution in [-0.4, -0.2) is 78.3 Å². The lowest BCUT2D eigenvalue weighted by Crippen LogP contribution is -2.57. The van der Waals surface area contributed by atoms with Crippen molar-refractivity contribution >= 4 is 21.8 Å². The molecule has 2 aliphatic rings. The van der Waals surface area contributed by atoms with E-state index in [2.05, 4.69) is 5.16 Å². The van der Waals surface area contributed by atoms with E-state index in [0.717, 1.165) is 12.8 Å². The molecule has 2 saturated heterocycles. The molecule has 2 aromatic rings. The lowest BCUT2D eigenvalue weighted by atomic mass is 10.00. The van der Waals surface area contributed by atoms with E-state index in [0.29, 0.717) is 18.7 Å². The largest absolute Gasteiger partial charge is 0.459 e. The van der Waals surface area contributed by atoms with E-state index in [-0.39, 0.29) is 54.4 Å². The van der Waals surface area contributed by atoms with Crippen LogP contribution >= 0.6 is 0 Å². The van der Waals surface area contributed by atoms with Crippen LogP contribution in [0, 0.1) is 13.8 Å². The van der Waals surface area contributed by atoms with Gasteiger partial charge in [0, 0.05) is 32.7 Å². The molecule has 0 aliphatic carbocycles. The summed E-state index contributed by atoms with van der Waals surface area (Å²) >= 11 is 0. The zero-order valence-corrected chi connectivity index (χ0v) is 18.4. The summed E-state index contributed by atoms with van der Waals surface area (Å²) in [5.41, 5.74) is 0.324. The van der Waals surface area contributed by atoms with Crippen molar-refractivity contribution in [1.29, 1.82) is 0 Å². The quantitative estimate of drug-likeness (QED) is 0.691. The second-order valence-corrected chi connectivity index (χ2v) is 9.74. The Balaban J connectivity index is 1.44. The molecule has 0 saturated carbocycles. The molecule has 10 nitrogen and oxygen atoms in total. The Morgan fingerprint density at radius 1 is 1.10 bits per heavy atom. The number of furan rings is 1. The second kappa shape index (κ2) is 8.46. The molecule has 2 aromatic heterocycles. The molecule has 0 spiro atoms. The second-order valence-electron chi connectivity index (χ2n) is 7.87. The summed E-state index contributed by atoms with van der Waals surface area (Å²) in [7, 11) is -3.75. The Kier molecular flexibility index (Phi) is 5.89. The highest BCUT2D eigenvalue weighted by Gasteiger charge is 2.39. The highest BCUT2D eigenvalue weighted by Crippen LogP contribution is 2.26. The molecule has 1 unspecified atom stereocenters. The number of piperidine rings is 1. The van der Waals surface area contributed by atoms with Gasteiger partial charge in [0.25, 0.3) is 5.91 Å². The van der Waals surface area contributed by atoms with E-state index in [1.54, 1.807) is 35.8 Å². The van der Waals surface area contributed by atoms with Gasteiger partial charge in [-0.05, 0) is 45.2 Å². The number of amides is 2. The molecule has 2 aliphatic heterocycles. The number of hydrogen-bond acceptors (Lipinski definition) is 7. The van der Waals surface area contributed by atoms with Gasteiger partial charge in [-0.1, -0.05) is 5.16 Å². The molecular weight excluding hydrogens is 424 g/mol. The summed E-state index contributed by atoms with van der Waals surface area (Å²) in [5, 5.41) is 3.74. The summed E-state index contributed by atoms with van der Waals surface area (Å²) in [6, 6.07) is 2.68. The van der Waals surface area contributed by atoms with Crippen LogP contribution in [0.3, 0.4) is 0 Å². The first-order valence-corrected chi connectivity index (χ1v) is 11.8. The minimum atomic E-state index is -3.75. The van der Waals surface area contributed by atoms with Crippen molar-refractivity contribution in [1.82, 2.24) is 19.3 Å². The van der Waals surface area contributed by atoms with Crippen LogP contribution in [0.25, 0.3) is 0 Å². The maximum Gasteiger partial charge on any atom is 0.290 e. The number of likely N-dealkylation sites (tertiary alicyclic amines) is 1. The summed E-state index contributed by atoms with van der Waals surface area (Å²) < 4.78 is 37.6. The van der Waals surface area contributed by atoms with Crippen molar-refractivity contribution in [2.45, 2.75) is 44.0 Å². The van der Waals surface area contributed by atoms with E-state index in [1.165, 1.54) is 10.6 Å². The van der Waals surface area contributed by atoms with Gasteiger partial charge in [-0.15, -0.1) is 0 Å². The van der Waals surface area contributed by atoms with Crippen molar-refractivity contribution in [3.8, 4) is 0 Å². The molecule has 0 radical (unpaired) electrons. The Morgan fingerprint density at radius 3 is 2.45 bits per heavy atom. The highest BCUT2D eigenvalue weighted by molar-refractivity contribution is 7.89. The van der Waals surface area contributed by atoms with Crippen molar-refractivity contribution in [2.75, 3.05) is 32.7 Å². The highest BCUT2D eigenvalue weighted by atomic mass is 32.2. The van der Waals surface area contributed by atoms with Crippen molar-refractivity contribution in [3.05, 3.63) is 35.6 Å². The molecule has 4 heterocycles. The number of aryl methyl sites for hydroxylation is 2. The fraction of sp³-hybridized carbons (Fsp3) is 0.550. The van der Waals surface area contributed by atoms with Gasteiger partial charge in [0.2, 0.25) is 15.9 Å². The number of carbonyl (C=O) groups excluding carboxylic acids is 2. The van der Waals surface area contributed by atoms with Crippen LogP contribution in [-0.2, 0) is 14.8 Å². The molecule has 4 rings (SSSR count). The topological polar surface area (TPSA) is 117 Å². The van der Waals surface area contributed by atoms with E-state index >= 15 is 0 Å². The number of rotatable bonds is 4. The fourth-order valence-corrected chi connectivity index (χ4v) is 6.02. The van der Waals surface area contributed by atoms with E-state index in [1.807, 2.05) is 0 Å². The number of carbonyl (C=O) groups is 2. The maximum atomic E-state index is 13.2. The summed E-state index contributed by atoms with van der Waals surface area (Å²) in [4.78, 5) is 29.4. The lowest BCUT2D eigenvalue weighted by Gasteiger charge is -2.40. The van der Waals surface area contributed by atoms with Crippen LogP contribution in [0.5, 0.6) is 0 Å². The molecule has 11 heteroatoms. The van der Waals surface area contributed by atoms with Crippen molar-refractivity contribution < 1.29 is 26.9 Å². The van der Waals surface area contributed by atoms with Crippen LogP contribution in [0.15, 0.2) is 32.2 Å². The van der Waals surface area contributed by atoms with E-state index in [9.17, 15) is 18.0 Å². The van der Waals surface area contributed by atoms with Crippen LogP contribution in [0.1, 0.15) is 41.3 Å². The minimum Gasteiger partial charge on any atom is -0.459 e. The number of nitrogens with zero attached hydrogens (tertiary/aromatic N) is 4. The summed E-state index contributed by atoms with van der Waals surface area (Å²) in [6.07, 6.45) is 3.72. The molecule has 1 atom stereocenters. The zero-order chi connectivity index (χ0) is 22.2. The van der Waals surface area contributed by atoms with Gasteiger partial charge in [0.1, 0.15) is 16.6 Å². The normalized spacial score (nSPS) is 20.8. The number of hydrogen-bond donors (Lipinski definition) is 0. The minimum absolute atomic E-state index is 0.0924. The monoisotopic (exact) mass is 450 g/mol. The Morgan fingerprint density at radius 2 is 1.84 bits per heavy atom. The average molecular weight is 451 g/mol. The Bertz CT molecular complexity index is 1030. The van der Waals surface area contributed by atoms with Gasteiger partial charge in [-0.25, -0.2) is 8.42 Å². The average Bonchev–Trinajstić information content (AvgIpc) is 3.43. The maximum absolute atomic E-state index is 13.2. The van der Waals surface area contributed by atoms with Gasteiger partial charge >= 0.3 is 0 Å². The molecule has 2 amide bonds. The van der Waals surface area contributed by atoms with Gasteiger partial charge in [0.05, 0.1) is 6.26 Å². The molecule has 2 fully saturated rings. The van der Waals surface area contributed by atoms with Crippen LogP contribution in [0.4, 0.5) is 0 Å². The van der Waals surface area contributed by atoms with Crippen LogP contribution in [0.2, 0.25) is 0 Å². The van der Waals surface area contributed by atoms with Crippen LogP contribution < -0.4 is 0 Å². The van der Waals surface area contributed by atoms with Gasteiger partial charge in [0.15, 0.2) is 11.5 Å². The van der Waals surface area contributed by atoms with Gasteiger partial charge in [-0.2, -0.15) is 4.31 Å². The Labute approximate surface area is 180 Å². The number of sulfonamides is 1. The van der Waals surface area contributed by atoms with Crippen molar-refractivity contribution in [2.24, 2.45) is 0 Å². The predicted molar refractivity (Wildman–Crippen MR) is 109 cm³/mol. The van der Waals surface area contributed by atoms with Crippen molar-refractivity contribution in [3.63, 3.8) is 0 Å². The first-order valence-electron chi connectivity index (χ1n) is 10.4. The smallest absolute Gasteiger partial charge is 0.290 e. The fourth-order valence-electron chi connectivity index (χ4n) is 4.30. The van der Waals surface area contributed by atoms with Gasteiger partial charge < -0.3 is 18.7 Å². The third-order valence-electron chi connectivity index (χ3n) is 5.90. The third-order valence-corrected chi connectivity index (χ3v) is 8.04. The van der Waals surface area contributed by atoms with E-state index in [4.69, 9.17) is 8.94 Å². The molecule has 0 bridgehead atoms. The molecular formula is C20H26N4O6S. The lowest BCUT2D eigenvalue weighted by molar-refractivity contribution is -0.138. The Hall–Kier alpha value is -2.66. The number of piperazine rings is 1. The summed E-state index contributed by atoms with van der Waals surface area (Å²) in [5.74, 6) is 0.0389.